The normalized spacial score (nSPS) is 15.3. The monoisotopic (exact) mass is 442 g/mol. The fraction of sp³-hybridized carbons (Fsp3) is 0.500. The average molecular weight is 442 g/mol. The van der Waals surface area contributed by atoms with Crippen LogP contribution >= 0.6 is 22.6 Å². The Labute approximate surface area is 145 Å². The molecule has 0 bridgehead atoms. The Morgan fingerprint density at radius 2 is 1.77 bits per heavy atom. The van der Waals surface area contributed by atoms with E-state index in [4.69, 9.17) is 4.43 Å². The summed E-state index contributed by atoms with van der Waals surface area (Å²) < 4.78 is 46.7. The predicted octanol–water partition coefficient (Wildman–Crippen LogP) is 6.72. The molecule has 0 aromatic heterocycles. The molecule has 0 aliphatic heterocycles. The summed E-state index contributed by atoms with van der Waals surface area (Å²) in [5.74, 6) is 0. The summed E-state index contributed by atoms with van der Waals surface area (Å²) in [4.78, 5) is 0. The molecule has 0 aliphatic carbocycles. The van der Waals surface area contributed by atoms with E-state index in [-0.39, 0.29) is 5.04 Å². The second kappa shape index (κ2) is 7.05. The largest absolute Gasteiger partial charge is 0.416 e. The van der Waals surface area contributed by atoms with Crippen LogP contribution in [0.25, 0.3) is 0 Å². The van der Waals surface area contributed by atoms with E-state index >= 15 is 0 Å². The maximum absolute atomic E-state index is 12.9. The Bertz CT molecular complexity index is 533. The first-order valence-electron chi connectivity index (χ1n) is 7.00. The fourth-order valence-electron chi connectivity index (χ4n) is 1.67. The van der Waals surface area contributed by atoms with Crippen LogP contribution in [0.1, 0.15) is 38.0 Å². The lowest BCUT2D eigenvalue weighted by Gasteiger charge is -2.38. The Hall–Kier alpha value is -0.343. The van der Waals surface area contributed by atoms with Gasteiger partial charge in [0.05, 0.1) is 11.7 Å². The van der Waals surface area contributed by atoms with Crippen LogP contribution in [0.3, 0.4) is 0 Å². The molecule has 1 rings (SSSR count). The molecule has 6 heteroatoms. The zero-order valence-electron chi connectivity index (χ0n) is 13.5. The third-order valence-corrected chi connectivity index (χ3v) is 8.89. The predicted molar refractivity (Wildman–Crippen MR) is 95.6 cm³/mol. The summed E-state index contributed by atoms with van der Waals surface area (Å²) in [6, 6.07) is 5.37. The average Bonchev–Trinajstić information content (AvgIpc) is 2.36. The summed E-state index contributed by atoms with van der Waals surface area (Å²) >= 11 is 2.06. The molecule has 0 amide bonds. The van der Waals surface area contributed by atoms with Gasteiger partial charge in [0.1, 0.15) is 0 Å². The molecule has 0 heterocycles. The quantitative estimate of drug-likeness (QED) is 0.372. The molecule has 0 N–H and O–H groups in total. The van der Waals surface area contributed by atoms with Crippen molar-refractivity contribution in [2.75, 3.05) is 0 Å². The lowest BCUT2D eigenvalue weighted by atomic mass is 10.1. The third-order valence-electron chi connectivity index (χ3n) is 4.02. The number of rotatable bonds is 4. The van der Waals surface area contributed by atoms with Crippen LogP contribution in [-0.2, 0) is 10.6 Å². The van der Waals surface area contributed by atoms with Gasteiger partial charge in [-0.15, -0.1) is 0 Å². The van der Waals surface area contributed by atoms with Crippen LogP contribution < -0.4 is 0 Å². The maximum Gasteiger partial charge on any atom is 0.416 e. The molecule has 1 unspecified atom stereocenters. The van der Waals surface area contributed by atoms with E-state index in [0.29, 0.717) is 5.56 Å². The molecular formula is C16H22F3IOSi. The van der Waals surface area contributed by atoms with Crippen molar-refractivity contribution in [1.29, 1.82) is 0 Å². The van der Waals surface area contributed by atoms with Crippen LogP contribution in [0.4, 0.5) is 13.2 Å². The van der Waals surface area contributed by atoms with Gasteiger partial charge in [-0.25, -0.2) is 0 Å². The highest BCUT2D eigenvalue weighted by molar-refractivity contribution is 14.1. The van der Waals surface area contributed by atoms with Crippen LogP contribution in [0.15, 0.2) is 34.4 Å². The van der Waals surface area contributed by atoms with Gasteiger partial charge in [0.25, 0.3) is 0 Å². The zero-order valence-corrected chi connectivity index (χ0v) is 16.6. The summed E-state index contributed by atoms with van der Waals surface area (Å²) in [5.41, 5.74) is -0.108. The van der Waals surface area contributed by atoms with Crippen molar-refractivity contribution in [2.45, 2.75) is 51.2 Å². The van der Waals surface area contributed by atoms with E-state index in [1.165, 1.54) is 12.1 Å². The summed E-state index contributed by atoms with van der Waals surface area (Å²) in [7, 11) is -2.09. The highest BCUT2D eigenvalue weighted by atomic mass is 127. The fourth-order valence-corrected chi connectivity index (χ4v) is 3.25. The number of benzene rings is 1. The first-order chi connectivity index (χ1) is 9.88. The molecule has 0 saturated carbocycles. The van der Waals surface area contributed by atoms with Gasteiger partial charge < -0.3 is 4.43 Å². The van der Waals surface area contributed by atoms with E-state index in [0.717, 1.165) is 6.07 Å². The molecule has 22 heavy (non-hydrogen) atoms. The van der Waals surface area contributed by atoms with Gasteiger partial charge in [0.15, 0.2) is 8.32 Å². The first-order valence-corrected chi connectivity index (χ1v) is 11.2. The van der Waals surface area contributed by atoms with Crippen LogP contribution in [0, 0.1) is 0 Å². The number of halogens is 4. The third kappa shape index (κ3) is 5.09. The molecule has 0 saturated heterocycles. The Kier molecular flexibility index (Phi) is 6.31. The van der Waals surface area contributed by atoms with E-state index < -0.39 is 26.2 Å². The Balaban J connectivity index is 3.17. The van der Waals surface area contributed by atoms with Crippen LogP contribution in [0.2, 0.25) is 18.1 Å². The van der Waals surface area contributed by atoms with E-state index in [1.807, 2.05) is 0 Å². The van der Waals surface area contributed by atoms with Gasteiger partial charge in [-0.2, -0.15) is 13.2 Å². The molecular weight excluding hydrogens is 420 g/mol. The number of hydrogen-bond donors (Lipinski definition) is 0. The van der Waals surface area contributed by atoms with Crippen molar-refractivity contribution in [3.05, 3.63) is 45.6 Å². The minimum atomic E-state index is -4.34. The van der Waals surface area contributed by atoms with Crippen molar-refractivity contribution in [3.8, 4) is 0 Å². The molecule has 0 aliphatic rings. The molecule has 124 valence electrons. The lowest BCUT2D eigenvalue weighted by molar-refractivity contribution is -0.137. The molecule has 0 spiro atoms. The molecule has 0 fully saturated rings. The minimum Gasteiger partial charge on any atom is -0.406 e. The van der Waals surface area contributed by atoms with E-state index in [9.17, 15) is 13.2 Å². The Morgan fingerprint density at radius 3 is 2.23 bits per heavy atom. The van der Waals surface area contributed by atoms with Crippen molar-refractivity contribution in [3.63, 3.8) is 0 Å². The standard InChI is InChI=1S/C16H22F3IOSi/c1-15(2,3)22(4,5)21-14(9-10-20)12-7-6-8-13(11-12)16(17,18)19/h6-11,14H,1-5H3/b10-9+. The second-order valence-corrected chi connectivity index (χ2v) is 12.2. The molecule has 1 atom stereocenters. The number of hydrogen-bond acceptors (Lipinski definition) is 1. The van der Waals surface area contributed by atoms with Crippen LogP contribution in [-0.4, -0.2) is 8.32 Å². The lowest BCUT2D eigenvalue weighted by Crippen LogP contribution is -2.41. The van der Waals surface area contributed by atoms with Gasteiger partial charge in [0.2, 0.25) is 0 Å². The van der Waals surface area contributed by atoms with Crippen LogP contribution in [0.5, 0.6) is 0 Å². The smallest absolute Gasteiger partial charge is 0.406 e. The maximum atomic E-state index is 12.9. The van der Waals surface area contributed by atoms with Gasteiger partial charge in [0, 0.05) is 0 Å². The molecule has 1 aromatic carbocycles. The van der Waals surface area contributed by atoms with Crippen molar-refractivity contribution >= 4 is 30.9 Å². The topological polar surface area (TPSA) is 9.23 Å². The van der Waals surface area contributed by atoms with Crippen molar-refractivity contribution in [2.24, 2.45) is 0 Å². The van der Waals surface area contributed by atoms with Gasteiger partial charge in [-0.1, -0.05) is 55.5 Å². The highest BCUT2D eigenvalue weighted by Crippen LogP contribution is 2.40. The SMILES string of the molecule is CC(C)(C)[Si](C)(C)OC(/C=C/I)c1cccc(C(F)(F)F)c1. The summed E-state index contributed by atoms with van der Waals surface area (Å²) in [6.45, 7) is 10.5. The van der Waals surface area contributed by atoms with Gasteiger partial charge in [-0.3, -0.25) is 0 Å². The van der Waals surface area contributed by atoms with Crippen molar-refractivity contribution in [1.82, 2.24) is 0 Å². The second-order valence-electron chi connectivity index (χ2n) is 6.74. The van der Waals surface area contributed by atoms with Gasteiger partial charge >= 0.3 is 6.18 Å². The van der Waals surface area contributed by atoms with E-state index in [2.05, 4.69) is 56.5 Å². The highest BCUT2D eigenvalue weighted by Gasteiger charge is 2.39. The minimum absolute atomic E-state index is 0.00794. The molecule has 1 nitrogen and oxygen atoms in total. The zero-order chi connectivity index (χ0) is 17.2. The number of alkyl halides is 3. The van der Waals surface area contributed by atoms with Gasteiger partial charge in [-0.05, 0) is 46.0 Å². The molecule has 1 aromatic rings. The molecule has 0 radical (unpaired) electrons. The summed E-state index contributed by atoms with van der Waals surface area (Å²) in [5, 5.41) is -0.00794. The summed E-state index contributed by atoms with van der Waals surface area (Å²) in [6.07, 6.45) is -3.00. The van der Waals surface area contributed by atoms with Crippen molar-refractivity contribution < 1.29 is 17.6 Å². The van der Waals surface area contributed by atoms with E-state index in [1.54, 1.807) is 16.2 Å². The first kappa shape index (κ1) is 19.7. The Morgan fingerprint density at radius 1 is 1.18 bits per heavy atom.